The number of unbranched alkanes of at least 4 members (excludes halogenated alkanes) is 44. The zero-order chi connectivity index (χ0) is 51.4. The zero-order valence-corrected chi connectivity index (χ0v) is 48.0. The van der Waals surface area contributed by atoms with Crippen LogP contribution in [0, 0.1) is 0 Å². The van der Waals surface area contributed by atoms with E-state index in [0.29, 0.717) is 19.3 Å². The van der Waals surface area contributed by atoms with Crippen molar-refractivity contribution in [2.24, 2.45) is 0 Å². The Hall–Kier alpha value is -2.11. The largest absolute Gasteiger partial charge is 0.462 e. The molecule has 0 aliphatic rings. The molecule has 418 valence electrons. The van der Waals surface area contributed by atoms with E-state index in [1.54, 1.807) is 0 Å². The van der Waals surface area contributed by atoms with Crippen LogP contribution in [0.3, 0.4) is 0 Å². The van der Waals surface area contributed by atoms with Gasteiger partial charge in [-0.15, -0.1) is 0 Å². The lowest BCUT2D eigenvalue weighted by Gasteiger charge is -2.18. The summed E-state index contributed by atoms with van der Waals surface area (Å²) in [6.45, 7) is 6.68. The van der Waals surface area contributed by atoms with Gasteiger partial charge in [-0.25, -0.2) is 0 Å². The van der Waals surface area contributed by atoms with E-state index in [1.165, 1.54) is 250 Å². The summed E-state index contributed by atoms with van der Waals surface area (Å²) in [6.07, 6.45) is 71.8. The van der Waals surface area contributed by atoms with Crippen molar-refractivity contribution in [2.45, 2.75) is 361 Å². The molecule has 0 rings (SSSR count). The first-order valence-electron chi connectivity index (χ1n) is 31.8. The summed E-state index contributed by atoms with van der Waals surface area (Å²) >= 11 is 0. The first-order valence-corrected chi connectivity index (χ1v) is 31.8. The van der Waals surface area contributed by atoms with Gasteiger partial charge in [-0.3, -0.25) is 14.4 Å². The van der Waals surface area contributed by atoms with Crippen LogP contribution in [0.5, 0.6) is 0 Å². The fraction of sp³-hybridized carbons (Fsp3) is 0.892. The number of carbonyl (C=O) groups excluding carboxylic acids is 3. The van der Waals surface area contributed by atoms with Gasteiger partial charge >= 0.3 is 17.9 Å². The highest BCUT2D eigenvalue weighted by atomic mass is 16.6. The standard InChI is InChI=1S/C65H122O6/c1-4-7-10-13-16-19-22-25-27-29-31-32-34-35-37-40-43-46-49-52-55-58-64(67)70-61-62(60-69-63(66)57-54-51-48-45-42-39-24-21-18-15-12-9-6-3)71-65(68)59-56-53-50-47-44-41-38-36-33-30-28-26-23-20-17-14-11-8-5-2/h21,24,26,28,62H,4-20,22-23,25,27,29-61H2,1-3H3/b24-21-,28-26-/t62-/m1/s1. The molecule has 0 bridgehead atoms. The van der Waals surface area contributed by atoms with Crippen molar-refractivity contribution < 1.29 is 28.6 Å². The number of hydrogen-bond donors (Lipinski definition) is 0. The number of esters is 3. The molecule has 6 heteroatoms. The average Bonchev–Trinajstić information content (AvgIpc) is 3.37. The van der Waals surface area contributed by atoms with E-state index in [4.69, 9.17) is 14.2 Å². The Morgan fingerprint density at radius 2 is 0.465 bits per heavy atom. The minimum absolute atomic E-state index is 0.0697. The predicted octanol–water partition coefficient (Wildman–Crippen LogP) is 21.4. The fourth-order valence-electron chi connectivity index (χ4n) is 9.61. The molecule has 0 fully saturated rings. The van der Waals surface area contributed by atoms with Gasteiger partial charge in [0.05, 0.1) is 0 Å². The molecule has 0 N–H and O–H groups in total. The monoisotopic (exact) mass is 999 g/mol. The first kappa shape index (κ1) is 68.9. The van der Waals surface area contributed by atoms with Crippen molar-refractivity contribution in [1.82, 2.24) is 0 Å². The number of hydrogen-bond acceptors (Lipinski definition) is 6. The minimum Gasteiger partial charge on any atom is -0.462 e. The topological polar surface area (TPSA) is 78.9 Å². The van der Waals surface area contributed by atoms with Crippen molar-refractivity contribution in [3.63, 3.8) is 0 Å². The molecule has 0 radical (unpaired) electrons. The number of ether oxygens (including phenoxy) is 3. The van der Waals surface area contributed by atoms with E-state index in [0.717, 1.165) is 64.2 Å². The van der Waals surface area contributed by atoms with Crippen LogP contribution in [0.15, 0.2) is 24.3 Å². The lowest BCUT2D eigenvalue weighted by atomic mass is 10.0. The highest BCUT2D eigenvalue weighted by Gasteiger charge is 2.19. The van der Waals surface area contributed by atoms with Gasteiger partial charge in [0.1, 0.15) is 13.2 Å². The smallest absolute Gasteiger partial charge is 0.306 e. The molecule has 0 aromatic heterocycles. The lowest BCUT2D eigenvalue weighted by molar-refractivity contribution is -0.167. The Morgan fingerprint density at radius 3 is 0.718 bits per heavy atom. The summed E-state index contributed by atoms with van der Waals surface area (Å²) in [7, 11) is 0. The third-order valence-corrected chi connectivity index (χ3v) is 14.4. The summed E-state index contributed by atoms with van der Waals surface area (Å²) in [6, 6.07) is 0. The van der Waals surface area contributed by atoms with Crippen LogP contribution in [0.1, 0.15) is 355 Å². The van der Waals surface area contributed by atoms with Crippen molar-refractivity contribution in [2.75, 3.05) is 13.2 Å². The van der Waals surface area contributed by atoms with Crippen LogP contribution >= 0.6 is 0 Å². The van der Waals surface area contributed by atoms with Crippen LogP contribution < -0.4 is 0 Å². The number of carbonyl (C=O) groups is 3. The molecule has 0 aliphatic heterocycles. The molecular weight excluding hydrogens is 877 g/mol. The van der Waals surface area contributed by atoms with Crippen LogP contribution in [-0.2, 0) is 28.6 Å². The SMILES string of the molecule is CCCCCC/C=C\CCCCCCCC(=O)OC[C@H](COC(=O)CCCCCCCCCCCCCCCCCCCCCCC)OC(=O)CCCCCCCCCCC/C=C\CCCCCCCC. The molecule has 0 saturated carbocycles. The second-order valence-corrected chi connectivity index (χ2v) is 21.7. The Kier molecular flexibility index (Phi) is 58.6. The summed E-state index contributed by atoms with van der Waals surface area (Å²) < 4.78 is 16.9. The lowest BCUT2D eigenvalue weighted by Crippen LogP contribution is -2.30. The Morgan fingerprint density at radius 1 is 0.268 bits per heavy atom. The summed E-state index contributed by atoms with van der Waals surface area (Å²) in [5, 5.41) is 0. The van der Waals surface area contributed by atoms with Gasteiger partial charge in [-0.1, -0.05) is 289 Å². The van der Waals surface area contributed by atoms with Gasteiger partial charge < -0.3 is 14.2 Å². The van der Waals surface area contributed by atoms with Crippen LogP contribution in [0.25, 0.3) is 0 Å². The third-order valence-electron chi connectivity index (χ3n) is 14.4. The molecule has 0 aliphatic carbocycles. The molecule has 0 spiro atoms. The molecule has 0 aromatic rings. The minimum atomic E-state index is -0.773. The van der Waals surface area contributed by atoms with Crippen molar-refractivity contribution in [3.8, 4) is 0 Å². The van der Waals surface area contributed by atoms with E-state index < -0.39 is 6.10 Å². The normalized spacial score (nSPS) is 12.1. The molecule has 0 amide bonds. The zero-order valence-electron chi connectivity index (χ0n) is 48.0. The average molecular weight is 1000 g/mol. The van der Waals surface area contributed by atoms with Gasteiger partial charge in [0.15, 0.2) is 6.10 Å². The van der Waals surface area contributed by atoms with E-state index in [2.05, 4.69) is 45.1 Å². The second kappa shape index (κ2) is 60.4. The van der Waals surface area contributed by atoms with Crippen molar-refractivity contribution in [1.29, 1.82) is 0 Å². The highest BCUT2D eigenvalue weighted by molar-refractivity contribution is 5.71. The van der Waals surface area contributed by atoms with E-state index in [1.807, 2.05) is 0 Å². The molecule has 6 nitrogen and oxygen atoms in total. The van der Waals surface area contributed by atoms with Crippen molar-refractivity contribution >= 4 is 17.9 Å². The molecule has 0 heterocycles. The van der Waals surface area contributed by atoms with Crippen LogP contribution in [0.2, 0.25) is 0 Å². The van der Waals surface area contributed by atoms with E-state index >= 15 is 0 Å². The molecule has 0 aromatic carbocycles. The van der Waals surface area contributed by atoms with Crippen LogP contribution in [-0.4, -0.2) is 37.2 Å². The maximum absolute atomic E-state index is 12.9. The maximum atomic E-state index is 12.9. The van der Waals surface area contributed by atoms with Crippen molar-refractivity contribution in [3.05, 3.63) is 24.3 Å². The van der Waals surface area contributed by atoms with Crippen LogP contribution in [0.4, 0.5) is 0 Å². The molecule has 0 unspecified atom stereocenters. The Labute approximate surface area is 443 Å². The van der Waals surface area contributed by atoms with Gasteiger partial charge in [-0.05, 0) is 70.6 Å². The predicted molar refractivity (Wildman–Crippen MR) is 307 cm³/mol. The molecular formula is C65H122O6. The first-order chi connectivity index (χ1) is 35.0. The van der Waals surface area contributed by atoms with Gasteiger partial charge in [-0.2, -0.15) is 0 Å². The molecule has 71 heavy (non-hydrogen) atoms. The van der Waals surface area contributed by atoms with Gasteiger partial charge in [0, 0.05) is 19.3 Å². The van der Waals surface area contributed by atoms with E-state index in [9.17, 15) is 14.4 Å². The van der Waals surface area contributed by atoms with Gasteiger partial charge in [0.25, 0.3) is 0 Å². The summed E-state index contributed by atoms with van der Waals surface area (Å²) in [4.78, 5) is 38.3. The molecule has 1 atom stereocenters. The Bertz CT molecular complexity index is 1150. The fourth-order valence-corrected chi connectivity index (χ4v) is 9.61. The number of rotatable bonds is 59. The highest BCUT2D eigenvalue weighted by Crippen LogP contribution is 2.18. The van der Waals surface area contributed by atoms with E-state index in [-0.39, 0.29) is 31.1 Å². The Balaban J connectivity index is 4.28. The molecule has 0 saturated heterocycles. The summed E-state index contributed by atoms with van der Waals surface area (Å²) in [5.74, 6) is -0.856. The maximum Gasteiger partial charge on any atom is 0.306 e. The van der Waals surface area contributed by atoms with Gasteiger partial charge in [0.2, 0.25) is 0 Å². The summed E-state index contributed by atoms with van der Waals surface area (Å²) in [5.41, 5.74) is 0. The second-order valence-electron chi connectivity index (χ2n) is 21.7. The number of allylic oxidation sites excluding steroid dienone is 4. The quantitative estimate of drug-likeness (QED) is 0.0261. The third kappa shape index (κ3) is 58.7.